The lowest BCUT2D eigenvalue weighted by atomic mass is 9.96. The number of likely N-dealkylation sites (tertiary alicyclic amines) is 1. The number of nitrogens with zero attached hydrogens (tertiary/aromatic N) is 1. The summed E-state index contributed by atoms with van der Waals surface area (Å²) in [5.41, 5.74) is 2.97. The van der Waals surface area contributed by atoms with Crippen LogP contribution < -0.4 is 5.32 Å². The van der Waals surface area contributed by atoms with Crippen LogP contribution in [0.3, 0.4) is 0 Å². The van der Waals surface area contributed by atoms with Crippen LogP contribution in [0, 0.1) is 19.8 Å². The van der Waals surface area contributed by atoms with E-state index in [1.54, 1.807) is 7.11 Å². The van der Waals surface area contributed by atoms with Crippen molar-refractivity contribution in [3.05, 3.63) is 34.9 Å². The van der Waals surface area contributed by atoms with Crippen molar-refractivity contribution in [2.24, 2.45) is 5.92 Å². The van der Waals surface area contributed by atoms with Crippen LogP contribution in [-0.2, 0) is 4.74 Å². The summed E-state index contributed by atoms with van der Waals surface area (Å²) in [6, 6.07) is 6.03. The van der Waals surface area contributed by atoms with Crippen molar-refractivity contribution in [1.29, 1.82) is 0 Å². The predicted molar refractivity (Wildman–Crippen MR) is 89.3 cm³/mol. The number of piperidine rings is 1. The Labute approximate surface area is 133 Å². The minimum atomic E-state index is 0.0583. The van der Waals surface area contributed by atoms with Gasteiger partial charge in [-0.1, -0.05) is 17.7 Å². The lowest BCUT2D eigenvalue weighted by Crippen LogP contribution is -2.39. The molecule has 0 unspecified atom stereocenters. The van der Waals surface area contributed by atoms with Crippen molar-refractivity contribution in [1.82, 2.24) is 10.2 Å². The van der Waals surface area contributed by atoms with Crippen LogP contribution >= 0.6 is 0 Å². The van der Waals surface area contributed by atoms with Crippen molar-refractivity contribution in [3.63, 3.8) is 0 Å². The third-order valence-electron chi connectivity index (χ3n) is 4.51. The Morgan fingerprint density at radius 3 is 2.73 bits per heavy atom. The molecule has 1 aliphatic rings. The number of carbonyl (C=O) groups is 1. The van der Waals surface area contributed by atoms with Crippen LogP contribution in [0.4, 0.5) is 0 Å². The fourth-order valence-electron chi connectivity index (χ4n) is 2.95. The van der Waals surface area contributed by atoms with Gasteiger partial charge in [0.1, 0.15) is 0 Å². The van der Waals surface area contributed by atoms with Crippen molar-refractivity contribution < 1.29 is 9.53 Å². The molecule has 1 fully saturated rings. The number of ether oxygens (including phenoxy) is 1. The summed E-state index contributed by atoms with van der Waals surface area (Å²) >= 11 is 0. The Morgan fingerprint density at radius 2 is 2.05 bits per heavy atom. The Hall–Kier alpha value is -1.39. The number of benzene rings is 1. The summed E-state index contributed by atoms with van der Waals surface area (Å²) in [5.74, 6) is 0.649. The maximum absolute atomic E-state index is 12.3. The fraction of sp³-hybridized carbons (Fsp3) is 0.611. The van der Waals surface area contributed by atoms with E-state index in [0.717, 1.165) is 62.3 Å². The molecule has 4 heteroatoms. The molecule has 1 aromatic rings. The van der Waals surface area contributed by atoms with E-state index >= 15 is 0 Å². The third kappa shape index (κ3) is 4.82. The normalized spacial score (nSPS) is 16.7. The highest BCUT2D eigenvalue weighted by molar-refractivity contribution is 5.95. The maximum Gasteiger partial charge on any atom is 0.251 e. The molecule has 0 aliphatic carbocycles. The van der Waals surface area contributed by atoms with Gasteiger partial charge >= 0.3 is 0 Å². The lowest BCUT2D eigenvalue weighted by molar-refractivity contribution is 0.0925. The molecule has 1 aromatic carbocycles. The zero-order valence-electron chi connectivity index (χ0n) is 14.0. The topological polar surface area (TPSA) is 41.6 Å². The van der Waals surface area contributed by atoms with Crippen LogP contribution in [0.5, 0.6) is 0 Å². The number of aryl methyl sites for hydroxylation is 2. The van der Waals surface area contributed by atoms with Gasteiger partial charge in [-0.2, -0.15) is 0 Å². The highest BCUT2D eigenvalue weighted by atomic mass is 16.5. The molecule has 0 saturated carbocycles. The quantitative estimate of drug-likeness (QED) is 0.877. The Morgan fingerprint density at radius 1 is 1.32 bits per heavy atom. The molecule has 122 valence electrons. The molecule has 0 radical (unpaired) electrons. The molecule has 2 rings (SSSR count). The molecule has 0 bridgehead atoms. The Bertz CT molecular complexity index is 494. The van der Waals surface area contributed by atoms with Gasteiger partial charge in [0.05, 0.1) is 6.61 Å². The molecule has 0 atom stereocenters. The summed E-state index contributed by atoms with van der Waals surface area (Å²) in [7, 11) is 1.75. The Balaban J connectivity index is 1.77. The highest BCUT2D eigenvalue weighted by Gasteiger charge is 2.19. The molecule has 1 N–H and O–H groups in total. The molecule has 1 heterocycles. The summed E-state index contributed by atoms with van der Waals surface area (Å²) in [6.07, 6.45) is 2.30. The molecule has 0 spiro atoms. The molecule has 4 nitrogen and oxygen atoms in total. The van der Waals surface area contributed by atoms with Gasteiger partial charge in [-0.15, -0.1) is 0 Å². The van der Waals surface area contributed by atoms with Gasteiger partial charge in [-0.3, -0.25) is 4.79 Å². The summed E-state index contributed by atoms with van der Waals surface area (Å²) in [6.45, 7) is 8.81. The first-order valence-electron chi connectivity index (χ1n) is 8.17. The first-order chi connectivity index (χ1) is 10.6. The first kappa shape index (κ1) is 17.0. The van der Waals surface area contributed by atoms with Crippen LogP contribution in [0.2, 0.25) is 0 Å². The number of amides is 1. The van der Waals surface area contributed by atoms with Gasteiger partial charge in [0.25, 0.3) is 5.91 Å². The van der Waals surface area contributed by atoms with Gasteiger partial charge < -0.3 is 15.0 Å². The third-order valence-corrected chi connectivity index (χ3v) is 4.51. The number of rotatable bonds is 6. The molecular weight excluding hydrogens is 276 g/mol. The van der Waals surface area contributed by atoms with Gasteiger partial charge in [-0.25, -0.2) is 0 Å². The van der Waals surface area contributed by atoms with E-state index in [1.165, 1.54) is 0 Å². The minimum absolute atomic E-state index is 0.0583. The number of nitrogens with one attached hydrogen (secondary N) is 1. The number of hydrogen-bond donors (Lipinski definition) is 1. The molecule has 1 aliphatic heterocycles. The van der Waals surface area contributed by atoms with Gasteiger partial charge in [0, 0.05) is 25.8 Å². The molecule has 22 heavy (non-hydrogen) atoms. The molecular formula is C18H28N2O2. The predicted octanol–water partition coefficient (Wildman–Crippen LogP) is 2.39. The van der Waals surface area contributed by atoms with E-state index in [9.17, 15) is 4.79 Å². The molecule has 1 amide bonds. The average Bonchev–Trinajstić information content (AvgIpc) is 2.54. The second kappa shape index (κ2) is 8.30. The minimum Gasteiger partial charge on any atom is -0.383 e. The number of hydrogen-bond acceptors (Lipinski definition) is 3. The molecule has 1 saturated heterocycles. The highest BCUT2D eigenvalue weighted by Crippen LogP contribution is 2.17. The maximum atomic E-state index is 12.3. The van der Waals surface area contributed by atoms with Crippen molar-refractivity contribution in [2.75, 3.05) is 39.9 Å². The summed E-state index contributed by atoms with van der Waals surface area (Å²) < 4.78 is 5.12. The fourth-order valence-corrected chi connectivity index (χ4v) is 2.95. The number of carbonyl (C=O) groups excluding carboxylic acids is 1. The largest absolute Gasteiger partial charge is 0.383 e. The summed E-state index contributed by atoms with van der Waals surface area (Å²) in [5, 5.41) is 3.11. The van der Waals surface area contributed by atoms with E-state index in [0.29, 0.717) is 5.92 Å². The van der Waals surface area contributed by atoms with Crippen molar-refractivity contribution >= 4 is 5.91 Å². The number of methoxy groups -OCH3 is 1. The standard InChI is InChI=1S/C18H28N2O2/c1-14-4-5-15(2)17(12-14)18(21)19-13-16-6-8-20(9-7-16)10-11-22-3/h4-5,12,16H,6-11,13H2,1-3H3,(H,19,21). The van der Waals surface area contributed by atoms with E-state index < -0.39 is 0 Å². The second-order valence-corrected chi connectivity index (χ2v) is 6.31. The van der Waals surface area contributed by atoms with Crippen LogP contribution in [0.1, 0.15) is 34.3 Å². The second-order valence-electron chi connectivity index (χ2n) is 6.31. The van der Waals surface area contributed by atoms with Gasteiger partial charge in [0.2, 0.25) is 0 Å². The zero-order chi connectivity index (χ0) is 15.9. The van der Waals surface area contributed by atoms with E-state index in [-0.39, 0.29) is 5.91 Å². The smallest absolute Gasteiger partial charge is 0.251 e. The lowest BCUT2D eigenvalue weighted by Gasteiger charge is -2.31. The van der Waals surface area contributed by atoms with E-state index in [2.05, 4.69) is 10.2 Å². The van der Waals surface area contributed by atoms with Gasteiger partial charge in [0.15, 0.2) is 0 Å². The monoisotopic (exact) mass is 304 g/mol. The van der Waals surface area contributed by atoms with Gasteiger partial charge in [-0.05, 0) is 57.3 Å². The molecule has 0 aromatic heterocycles. The van der Waals surface area contributed by atoms with Crippen LogP contribution in [0.15, 0.2) is 18.2 Å². The zero-order valence-corrected chi connectivity index (χ0v) is 14.0. The van der Waals surface area contributed by atoms with Crippen molar-refractivity contribution in [2.45, 2.75) is 26.7 Å². The van der Waals surface area contributed by atoms with E-state index in [4.69, 9.17) is 4.74 Å². The van der Waals surface area contributed by atoms with Crippen molar-refractivity contribution in [3.8, 4) is 0 Å². The summed E-state index contributed by atoms with van der Waals surface area (Å²) in [4.78, 5) is 14.8. The van der Waals surface area contributed by atoms with Crippen LogP contribution in [0.25, 0.3) is 0 Å². The SMILES string of the molecule is COCCN1CCC(CNC(=O)c2cc(C)ccc2C)CC1. The van der Waals surface area contributed by atoms with Crippen LogP contribution in [-0.4, -0.2) is 50.7 Å². The van der Waals surface area contributed by atoms with E-state index in [1.807, 2.05) is 32.0 Å². The average molecular weight is 304 g/mol. The Kier molecular flexibility index (Phi) is 6.40. The first-order valence-corrected chi connectivity index (χ1v) is 8.17.